The van der Waals surface area contributed by atoms with Crippen molar-refractivity contribution in [3.05, 3.63) is 29.7 Å². The number of hydrogen-bond donors (Lipinski definition) is 1. The number of hydrogen-bond acceptors (Lipinski definition) is 3. The fourth-order valence-electron chi connectivity index (χ4n) is 1.31. The predicted molar refractivity (Wildman–Crippen MR) is 53.0 cm³/mol. The van der Waals surface area contributed by atoms with Gasteiger partial charge < -0.3 is 5.11 Å². The summed E-state index contributed by atoms with van der Waals surface area (Å²) in [5.74, 6) is 0.397. The first-order valence-electron chi connectivity index (χ1n) is 4.67. The number of aliphatic hydroxyl groups excluding tert-OH is 1. The quantitative estimate of drug-likeness (QED) is 0.779. The zero-order chi connectivity index (χ0) is 10.1. The van der Waals surface area contributed by atoms with Crippen molar-refractivity contribution in [3.8, 4) is 0 Å². The number of aliphatic hydroxyl groups is 1. The van der Waals surface area contributed by atoms with E-state index in [9.17, 15) is 0 Å². The third kappa shape index (κ3) is 1.48. The number of rotatable bonds is 2. The monoisotopic (exact) mass is 191 g/mol. The Labute approximate surface area is 82.2 Å². The van der Waals surface area contributed by atoms with Crippen molar-refractivity contribution in [2.45, 2.75) is 26.4 Å². The molecule has 0 radical (unpaired) electrons. The van der Waals surface area contributed by atoms with Crippen molar-refractivity contribution in [1.82, 2.24) is 14.6 Å². The molecule has 4 nitrogen and oxygen atoms in total. The Morgan fingerprint density at radius 1 is 1.50 bits per heavy atom. The van der Waals surface area contributed by atoms with E-state index in [1.165, 1.54) is 0 Å². The fraction of sp³-hybridized carbons (Fsp3) is 0.400. The second-order valence-electron chi connectivity index (χ2n) is 3.60. The van der Waals surface area contributed by atoms with Gasteiger partial charge in [0.05, 0.1) is 18.0 Å². The first-order chi connectivity index (χ1) is 6.70. The van der Waals surface area contributed by atoms with Crippen LogP contribution in [0.25, 0.3) is 5.65 Å². The number of fused-ring (bicyclic) bond motifs is 1. The van der Waals surface area contributed by atoms with Gasteiger partial charge in [-0.15, -0.1) is 0 Å². The lowest BCUT2D eigenvalue weighted by molar-refractivity contribution is 0.277. The molecule has 0 spiro atoms. The van der Waals surface area contributed by atoms with Gasteiger partial charge >= 0.3 is 0 Å². The van der Waals surface area contributed by atoms with Gasteiger partial charge in [-0.2, -0.15) is 5.10 Å². The van der Waals surface area contributed by atoms with Gasteiger partial charge in [-0.3, -0.25) is 0 Å². The third-order valence-corrected chi connectivity index (χ3v) is 2.15. The smallest absolute Gasteiger partial charge is 0.155 e. The highest BCUT2D eigenvalue weighted by molar-refractivity contribution is 5.40. The molecule has 2 aromatic rings. The Morgan fingerprint density at radius 3 is 2.93 bits per heavy atom. The summed E-state index contributed by atoms with van der Waals surface area (Å²) >= 11 is 0. The zero-order valence-corrected chi connectivity index (χ0v) is 8.31. The van der Waals surface area contributed by atoms with Crippen LogP contribution in [0, 0.1) is 0 Å². The van der Waals surface area contributed by atoms with Crippen LogP contribution >= 0.6 is 0 Å². The summed E-state index contributed by atoms with van der Waals surface area (Å²) in [6, 6.07) is 3.72. The largest absolute Gasteiger partial charge is 0.390 e. The zero-order valence-electron chi connectivity index (χ0n) is 8.31. The van der Waals surface area contributed by atoms with E-state index in [1.807, 2.05) is 12.3 Å². The molecule has 2 aromatic heterocycles. The van der Waals surface area contributed by atoms with E-state index in [4.69, 9.17) is 5.11 Å². The van der Waals surface area contributed by atoms with E-state index in [0.717, 1.165) is 11.3 Å². The Balaban J connectivity index is 2.54. The van der Waals surface area contributed by atoms with Crippen LogP contribution in [-0.2, 0) is 6.61 Å². The van der Waals surface area contributed by atoms with E-state index in [2.05, 4.69) is 23.9 Å². The van der Waals surface area contributed by atoms with Gasteiger partial charge in [0, 0.05) is 12.3 Å². The van der Waals surface area contributed by atoms with Crippen LogP contribution in [0.2, 0.25) is 0 Å². The van der Waals surface area contributed by atoms with Gasteiger partial charge in [0.25, 0.3) is 0 Å². The van der Waals surface area contributed by atoms with Gasteiger partial charge in [0.15, 0.2) is 5.65 Å². The Kier molecular flexibility index (Phi) is 2.21. The minimum atomic E-state index is -0.0291. The second kappa shape index (κ2) is 3.38. The topological polar surface area (TPSA) is 50.4 Å². The summed E-state index contributed by atoms with van der Waals surface area (Å²) in [7, 11) is 0. The number of aromatic nitrogens is 3. The third-order valence-electron chi connectivity index (χ3n) is 2.15. The van der Waals surface area contributed by atoms with Gasteiger partial charge in [0.2, 0.25) is 0 Å². The molecule has 0 aliphatic heterocycles. The molecule has 2 rings (SSSR count). The molecule has 0 aliphatic carbocycles. The van der Waals surface area contributed by atoms with Crippen LogP contribution in [0.15, 0.2) is 18.3 Å². The molecule has 1 N–H and O–H groups in total. The highest BCUT2D eigenvalue weighted by Crippen LogP contribution is 2.13. The van der Waals surface area contributed by atoms with E-state index in [0.29, 0.717) is 11.6 Å². The SMILES string of the molecule is CC(C)c1cc2nc(CO)ccn2n1. The molecule has 74 valence electrons. The molecule has 2 heterocycles. The molecule has 4 heteroatoms. The lowest BCUT2D eigenvalue weighted by Crippen LogP contribution is -1.95. The molecule has 0 unspecified atom stereocenters. The lowest BCUT2D eigenvalue weighted by Gasteiger charge is -1.95. The van der Waals surface area contributed by atoms with E-state index in [-0.39, 0.29) is 6.61 Å². The summed E-state index contributed by atoms with van der Waals surface area (Å²) in [5, 5.41) is 13.3. The maximum Gasteiger partial charge on any atom is 0.155 e. The minimum absolute atomic E-state index is 0.0291. The van der Waals surface area contributed by atoms with Crippen LogP contribution in [0.3, 0.4) is 0 Å². The number of nitrogens with zero attached hydrogens (tertiary/aromatic N) is 3. The van der Waals surface area contributed by atoms with Crippen molar-refractivity contribution in [2.24, 2.45) is 0 Å². The standard InChI is InChI=1S/C10H13N3O/c1-7(2)9-5-10-11-8(6-14)3-4-13(10)12-9/h3-5,7,14H,6H2,1-2H3. The van der Waals surface area contributed by atoms with Crippen molar-refractivity contribution < 1.29 is 5.11 Å². The van der Waals surface area contributed by atoms with E-state index in [1.54, 1.807) is 10.6 Å². The maximum atomic E-state index is 8.92. The predicted octanol–water partition coefficient (Wildman–Crippen LogP) is 1.34. The first kappa shape index (κ1) is 9.15. The van der Waals surface area contributed by atoms with Crippen LogP contribution in [0.5, 0.6) is 0 Å². The Hall–Kier alpha value is -1.42. The molecular formula is C10H13N3O. The average molecular weight is 191 g/mol. The minimum Gasteiger partial charge on any atom is -0.390 e. The van der Waals surface area contributed by atoms with Crippen molar-refractivity contribution >= 4 is 5.65 Å². The molecule has 0 saturated heterocycles. The van der Waals surface area contributed by atoms with Crippen molar-refractivity contribution in [1.29, 1.82) is 0 Å². The Morgan fingerprint density at radius 2 is 2.29 bits per heavy atom. The van der Waals surface area contributed by atoms with Gasteiger partial charge in [-0.25, -0.2) is 9.50 Å². The molecule has 0 atom stereocenters. The maximum absolute atomic E-state index is 8.92. The fourth-order valence-corrected chi connectivity index (χ4v) is 1.31. The average Bonchev–Trinajstić information content (AvgIpc) is 2.59. The van der Waals surface area contributed by atoms with E-state index >= 15 is 0 Å². The van der Waals surface area contributed by atoms with Gasteiger partial charge in [-0.05, 0) is 12.0 Å². The summed E-state index contributed by atoms with van der Waals surface area (Å²) in [4.78, 5) is 4.25. The van der Waals surface area contributed by atoms with Crippen molar-refractivity contribution in [2.75, 3.05) is 0 Å². The van der Waals surface area contributed by atoms with Gasteiger partial charge in [0.1, 0.15) is 0 Å². The molecule has 0 fully saturated rings. The van der Waals surface area contributed by atoms with E-state index < -0.39 is 0 Å². The molecule has 0 amide bonds. The highest BCUT2D eigenvalue weighted by atomic mass is 16.3. The molecule has 0 aliphatic rings. The molecule has 0 aromatic carbocycles. The normalized spacial score (nSPS) is 11.4. The summed E-state index contributed by atoms with van der Waals surface area (Å²) in [6.07, 6.45) is 1.82. The van der Waals surface area contributed by atoms with Crippen LogP contribution in [0.1, 0.15) is 31.2 Å². The highest BCUT2D eigenvalue weighted by Gasteiger charge is 2.06. The van der Waals surface area contributed by atoms with Gasteiger partial charge in [-0.1, -0.05) is 13.8 Å². The van der Waals surface area contributed by atoms with Crippen LogP contribution < -0.4 is 0 Å². The van der Waals surface area contributed by atoms with Crippen LogP contribution in [-0.4, -0.2) is 19.7 Å². The molecule has 0 bridgehead atoms. The Bertz CT molecular complexity index is 448. The summed E-state index contributed by atoms with van der Waals surface area (Å²) in [5.41, 5.74) is 2.49. The second-order valence-corrected chi connectivity index (χ2v) is 3.60. The lowest BCUT2D eigenvalue weighted by atomic mass is 10.1. The van der Waals surface area contributed by atoms with Crippen LogP contribution in [0.4, 0.5) is 0 Å². The first-order valence-corrected chi connectivity index (χ1v) is 4.67. The molecule has 0 saturated carbocycles. The summed E-state index contributed by atoms with van der Waals surface area (Å²) < 4.78 is 1.73. The molecular weight excluding hydrogens is 178 g/mol. The van der Waals surface area contributed by atoms with Crippen molar-refractivity contribution in [3.63, 3.8) is 0 Å². The molecule has 14 heavy (non-hydrogen) atoms. The summed E-state index contributed by atoms with van der Waals surface area (Å²) in [6.45, 7) is 4.15.